The van der Waals surface area contributed by atoms with E-state index in [1.165, 1.54) is 0 Å². The maximum absolute atomic E-state index is 11.8. The summed E-state index contributed by atoms with van der Waals surface area (Å²) >= 11 is 0. The molecule has 0 atom stereocenters. The molecule has 94 valence electrons. The zero-order valence-electron chi connectivity index (χ0n) is 9.95. The minimum Gasteiger partial charge on any atom is -0.367 e. The molecule has 0 aliphatic heterocycles. The molecule has 0 saturated heterocycles. The van der Waals surface area contributed by atoms with Gasteiger partial charge in [0.15, 0.2) is 5.78 Å². The second kappa shape index (κ2) is 6.45. The number of hydrogen-bond acceptors (Lipinski definition) is 2. The van der Waals surface area contributed by atoms with Crippen molar-refractivity contribution < 1.29 is 18.3 Å². The maximum Gasteiger partial charge on any atom is 0.261 e. The number of halogens is 2. The smallest absolute Gasteiger partial charge is 0.261 e. The summed E-state index contributed by atoms with van der Waals surface area (Å²) < 4.78 is 28.2. The van der Waals surface area contributed by atoms with E-state index in [1.807, 2.05) is 12.1 Å². The summed E-state index contributed by atoms with van der Waals surface area (Å²) in [5.41, 5.74) is 1.62. The largest absolute Gasteiger partial charge is 0.367 e. The molecule has 4 heteroatoms. The Morgan fingerprint density at radius 1 is 1.24 bits per heavy atom. The normalized spacial score (nSPS) is 11.2. The van der Waals surface area contributed by atoms with Crippen molar-refractivity contribution in [3.05, 3.63) is 35.4 Å². The number of benzene rings is 1. The quantitative estimate of drug-likeness (QED) is 0.715. The molecule has 0 aliphatic carbocycles. The van der Waals surface area contributed by atoms with Gasteiger partial charge in [0, 0.05) is 5.56 Å². The molecule has 17 heavy (non-hydrogen) atoms. The van der Waals surface area contributed by atoms with Gasteiger partial charge >= 0.3 is 0 Å². The predicted octanol–water partition coefficient (Wildman–Crippen LogP) is 3.27. The first-order valence-corrected chi connectivity index (χ1v) is 5.49. The van der Waals surface area contributed by atoms with Crippen LogP contribution in [0, 0.1) is 0 Å². The first kappa shape index (κ1) is 13.8. The lowest BCUT2D eigenvalue weighted by atomic mass is 10.0. The highest BCUT2D eigenvalue weighted by Gasteiger charge is 2.09. The van der Waals surface area contributed by atoms with Crippen LogP contribution in [-0.4, -0.2) is 25.4 Å². The van der Waals surface area contributed by atoms with Gasteiger partial charge < -0.3 is 4.74 Å². The Morgan fingerprint density at radius 2 is 1.82 bits per heavy atom. The highest BCUT2D eigenvalue weighted by Crippen LogP contribution is 2.15. The molecule has 1 aromatic rings. The average Bonchev–Trinajstić information content (AvgIpc) is 2.28. The lowest BCUT2D eigenvalue weighted by Crippen LogP contribution is -2.13. The van der Waals surface area contributed by atoms with Gasteiger partial charge in [0.1, 0.15) is 13.2 Å². The van der Waals surface area contributed by atoms with E-state index in [-0.39, 0.29) is 12.4 Å². The number of rotatable bonds is 6. The highest BCUT2D eigenvalue weighted by molar-refractivity contribution is 5.97. The number of ketones is 1. The monoisotopic (exact) mass is 242 g/mol. The van der Waals surface area contributed by atoms with Crippen LogP contribution >= 0.6 is 0 Å². The molecule has 1 aromatic carbocycles. The van der Waals surface area contributed by atoms with E-state index in [1.54, 1.807) is 12.1 Å². The summed E-state index contributed by atoms with van der Waals surface area (Å²) in [5, 5.41) is 0. The van der Waals surface area contributed by atoms with Crippen LogP contribution in [-0.2, 0) is 4.74 Å². The molecule has 2 nitrogen and oxygen atoms in total. The lowest BCUT2D eigenvalue weighted by molar-refractivity contribution is 0.0196. The summed E-state index contributed by atoms with van der Waals surface area (Å²) in [6.07, 6.45) is -2.54. The third-order valence-corrected chi connectivity index (χ3v) is 2.38. The number of hydrogen-bond donors (Lipinski definition) is 0. The van der Waals surface area contributed by atoms with Crippen LogP contribution in [0.1, 0.15) is 35.7 Å². The summed E-state index contributed by atoms with van der Waals surface area (Å²) in [5.74, 6) is 0.121. The van der Waals surface area contributed by atoms with Gasteiger partial charge in [0.05, 0.1) is 0 Å². The third-order valence-electron chi connectivity index (χ3n) is 2.38. The van der Waals surface area contributed by atoms with Crippen LogP contribution < -0.4 is 0 Å². The van der Waals surface area contributed by atoms with Crippen molar-refractivity contribution in [2.75, 3.05) is 13.2 Å². The number of carbonyl (C=O) groups excluding carboxylic acids is 1. The second-order valence-corrected chi connectivity index (χ2v) is 4.11. The SMILES string of the molecule is CC(C)c1ccc(C(=O)COCC(F)F)cc1. The van der Waals surface area contributed by atoms with Crippen molar-refractivity contribution in [2.24, 2.45) is 0 Å². The lowest BCUT2D eigenvalue weighted by Gasteiger charge is -2.06. The van der Waals surface area contributed by atoms with E-state index in [0.717, 1.165) is 5.56 Å². The molecule has 0 aromatic heterocycles. The topological polar surface area (TPSA) is 26.3 Å². The minimum absolute atomic E-state index is 0.277. The Hall–Kier alpha value is -1.29. The Labute approximate surface area is 99.6 Å². The zero-order valence-corrected chi connectivity index (χ0v) is 9.95. The van der Waals surface area contributed by atoms with Crippen molar-refractivity contribution >= 4 is 5.78 Å². The summed E-state index contributed by atoms with van der Waals surface area (Å²) in [7, 11) is 0. The van der Waals surface area contributed by atoms with E-state index >= 15 is 0 Å². The molecule has 0 amide bonds. The predicted molar refractivity (Wildman–Crippen MR) is 61.7 cm³/mol. The van der Waals surface area contributed by atoms with E-state index in [4.69, 9.17) is 0 Å². The van der Waals surface area contributed by atoms with Gasteiger partial charge in [-0.2, -0.15) is 0 Å². The van der Waals surface area contributed by atoms with Gasteiger partial charge in [-0.1, -0.05) is 38.1 Å². The van der Waals surface area contributed by atoms with Crippen LogP contribution in [0.15, 0.2) is 24.3 Å². The van der Waals surface area contributed by atoms with Gasteiger partial charge in [-0.3, -0.25) is 4.79 Å². The van der Waals surface area contributed by atoms with Crippen molar-refractivity contribution in [3.8, 4) is 0 Å². The van der Waals surface area contributed by atoms with Gasteiger partial charge in [-0.15, -0.1) is 0 Å². The molecule has 0 saturated carbocycles. The molecule has 0 fully saturated rings. The maximum atomic E-state index is 11.8. The second-order valence-electron chi connectivity index (χ2n) is 4.11. The standard InChI is InChI=1S/C13H16F2O2/c1-9(2)10-3-5-11(6-4-10)12(16)7-17-8-13(14)15/h3-6,9,13H,7-8H2,1-2H3. The summed E-state index contributed by atoms with van der Waals surface area (Å²) in [6.45, 7) is 3.12. The molecule has 0 N–H and O–H groups in total. The molecule has 0 heterocycles. The van der Waals surface area contributed by atoms with Gasteiger partial charge in [-0.25, -0.2) is 8.78 Å². The molecular formula is C13H16F2O2. The number of Topliss-reactive ketones (excluding diaryl/α,β-unsaturated/α-hetero) is 1. The molecule has 0 spiro atoms. The van der Waals surface area contributed by atoms with E-state index in [9.17, 15) is 13.6 Å². The van der Waals surface area contributed by atoms with E-state index in [2.05, 4.69) is 18.6 Å². The van der Waals surface area contributed by atoms with Crippen molar-refractivity contribution in [2.45, 2.75) is 26.2 Å². The molecule has 1 rings (SSSR count). The first-order chi connectivity index (χ1) is 8.00. The van der Waals surface area contributed by atoms with Crippen LogP contribution in [0.2, 0.25) is 0 Å². The number of ether oxygens (including phenoxy) is 1. The van der Waals surface area contributed by atoms with E-state index < -0.39 is 13.0 Å². The van der Waals surface area contributed by atoms with E-state index in [0.29, 0.717) is 11.5 Å². The average molecular weight is 242 g/mol. The fraction of sp³-hybridized carbons (Fsp3) is 0.462. The Bertz CT molecular complexity index is 358. The van der Waals surface area contributed by atoms with Crippen molar-refractivity contribution in [1.29, 1.82) is 0 Å². The molecule has 0 bridgehead atoms. The molecule has 0 aliphatic rings. The fourth-order valence-corrected chi connectivity index (χ4v) is 1.38. The fourth-order valence-electron chi connectivity index (χ4n) is 1.38. The number of carbonyl (C=O) groups is 1. The van der Waals surface area contributed by atoms with Crippen LogP contribution in [0.4, 0.5) is 8.78 Å². The zero-order chi connectivity index (χ0) is 12.8. The minimum atomic E-state index is -2.54. The highest BCUT2D eigenvalue weighted by atomic mass is 19.3. The van der Waals surface area contributed by atoms with Gasteiger partial charge in [-0.05, 0) is 11.5 Å². The summed E-state index contributed by atoms with van der Waals surface area (Å²) in [6, 6.07) is 7.13. The first-order valence-electron chi connectivity index (χ1n) is 5.49. The molecule has 0 unspecified atom stereocenters. The van der Waals surface area contributed by atoms with Crippen molar-refractivity contribution in [1.82, 2.24) is 0 Å². The van der Waals surface area contributed by atoms with Gasteiger partial charge in [0.25, 0.3) is 6.43 Å². The molecular weight excluding hydrogens is 226 g/mol. The number of alkyl halides is 2. The Kier molecular flexibility index (Phi) is 5.22. The van der Waals surface area contributed by atoms with Crippen LogP contribution in [0.25, 0.3) is 0 Å². The van der Waals surface area contributed by atoms with Crippen molar-refractivity contribution in [3.63, 3.8) is 0 Å². The van der Waals surface area contributed by atoms with Gasteiger partial charge in [0.2, 0.25) is 0 Å². The summed E-state index contributed by atoms with van der Waals surface area (Å²) in [4.78, 5) is 11.5. The Balaban J connectivity index is 2.52. The van der Waals surface area contributed by atoms with Crippen LogP contribution in [0.5, 0.6) is 0 Å². The molecule has 0 radical (unpaired) electrons. The van der Waals surface area contributed by atoms with Crippen LogP contribution in [0.3, 0.4) is 0 Å². The Morgan fingerprint density at radius 3 is 2.29 bits per heavy atom. The third kappa shape index (κ3) is 4.61.